The topological polar surface area (TPSA) is 78.6 Å². The zero-order valence-corrected chi connectivity index (χ0v) is 18.2. The number of Topliss-reactive ketones (excluding diaryl/α,β-unsaturated/α-hetero) is 2. The van der Waals surface area contributed by atoms with Gasteiger partial charge in [-0.1, -0.05) is 46.8 Å². The molecule has 0 saturated heterocycles. The fourth-order valence-electron chi connectivity index (χ4n) is 4.07. The molecule has 0 aromatic heterocycles. The molecule has 1 heterocycles. The molecule has 29 heavy (non-hydrogen) atoms. The second-order valence-corrected chi connectivity index (χ2v) is 9.67. The number of benzene rings is 1. The molecule has 0 spiro atoms. The molecular weight excluding hydrogens is 366 g/mol. The van der Waals surface area contributed by atoms with Gasteiger partial charge in [0.2, 0.25) is 0 Å². The third-order valence-electron chi connectivity index (χ3n) is 5.41. The maximum Gasteiger partial charge on any atom is 0.198 e. The summed E-state index contributed by atoms with van der Waals surface area (Å²) in [6.07, 6.45) is 1.03. The quantitative estimate of drug-likeness (QED) is 0.801. The molecule has 0 amide bonds. The van der Waals surface area contributed by atoms with Crippen molar-refractivity contribution >= 4 is 11.6 Å². The van der Waals surface area contributed by atoms with Crippen molar-refractivity contribution in [3.63, 3.8) is 0 Å². The first-order chi connectivity index (χ1) is 13.4. The molecule has 1 aromatic carbocycles. The lowest BCUT2D eigenvalue weighted by Crippen LogP contribution is -2.37. The van der Waals surface area contributed by atoms with Gasteiger partial charge in [-0.2, -0.15) is 0 Å². The maximum atomic E-state index is 13.3. The van der Waals surface area contributed by atoms with E-state index in [-0.39, 0.29) is 22.9 Å². The van der Waals surface area contributed by atoms with Gasteiger partial charge < -0.3 is 15.2 Å². The van der Waals surface area contributed by atoms with E-state index >= 15 is 0 Å². The second-order valence-electron chi connectivity index (χ2n) is 9.67. The Kier molecular flexibility index (Phi) is 5.37. The monoisotopic (exact) mass is 397 g/mol. The second kappa shape index (κ2) is 7.36. The summed E-state index contributed by atoms with van der Waals surface area (Å²) in [5.41, 5.74) is 7.21. The smallest absolute Gasteiger partial charge is 0.198 e. The van der Waals surface area contributed by atoms with E-state index in [1.807, 2.05) is 65.8 Å². The predicted molar refractivity (Wildman–Crippen MR) is 112 cm³/mol. The molecule has 156 valence electrons. The lowest BCUT2D eigenvalue weighted by atomic mass is 9.68. The minimum absolute atomic E-state index is 0.0156. The first-order valence-corrected chi connectivity index (χ1v) is 10.2. The summed E-state index contributed by atoms with van der Waals surface area (Å²) in [6, 6.07) is 7.53. The van der Waals surface area contributed by atoms with Gasteiger partial charge in [0.15, 0.2) is 17.4 Å². The number of nitrogens with two attached hydrogens (primary N) is 1. The van der Waals surface area contributed by atoms with Crippen LogP contribution in [0.4, 0.5) is 0 Å². The van der Waals surface area contributed by atoms with Gasteiger partial charge >= 0.3 is 0 Å². The van der Waals surface area contributed by atoms with Crippen LogP contribution in [-0.4, -0.2) is 18.2 Å². The highest BCUT2D eigenvalue weighted by Gasteiger charge is 2.46. The van der Waals surface area contributed by atoms with Crippen LogP contribution in [0.15, 0.2) is 47.1 Å². The van der Waals surface area contributed by atoms with E-state index in [2.05, 4.69) is 0 Å². The Hall–Kier alpha value is -2.56. The average Bonchev–Trinajstić information content (AvgIpc) is 2.59. The SMILES string of the molecule is CCOc1ccc([C@H]2C(C(=O)C(C)(C)C)=C(N)OC3=C2C(=O)CC(C)(C)C3)cc1. The Morgan fingerprint density at radius 2 is 1.83 bits per heavy atom. The third-order valence-corrected chi connectivity index (χ3v) is 5.41. The Balaban J connectivity index is 2.17. The van der Waals surface area contributed by atoms with Crippen molar-refractivity contribution < 1.29 is 19.1 Å². The van der Waals surface area contributed by atoms with Crippen LogP contribution in [0.2, 0.25) is 0 Å². The fraction of sp³-hybridized carbons (Fsp3) is 0.500. The largest absolute Gasteiger partial charge is 0.494 e. The van der Waals surface area contributed by atoms with E-state index in [9.17, 15) is 9.59 Å². The summed E-state index contributed by atoms with van der Waals surface area (Å²) in [5.74, 6) is 0.820. The summed E-state index contributed by atoms with van der Waals surface area (Å²) in [4.78, 5) is 26.5. The van der Waals surface area contributed by atoms with Gasteiger partial charge in [0.1, 0.15) is 11.5 Å². The van der Waals surface area contributed by atoms with Gasteiger partial charge in [-0.15, -0.1) is 0 Å². The number of hydrogen-bond acceptors (Lipinski definition) is 5. The highest BCUT2D eigenvalue weighted by atomic mass is 16.5. The lowest BCUT2D eigenvalue weighted by Gasteiger charge is -2.39. The molecule has 1 aliphatic carbocycles. The number of carbonyl (C=O) groups excluding carboxylic acids is 2. The Morgan fingerprint density at radius 1 is 1.21 bits per heavy atom. The molecule has 1 atom stereocenters. The van der Waals surface area contributed by atoms with E-state index in [1.165, 1.54) is 0 Å². The standard InChI is InChI=1S/C24H31NO4/c1-7-28-15-10-8-14(9-11-15)18-19-16(26)12-24(5,6)13-17(19)29-22(25)20(18)21(27)23(2,3)4/h8-11,18H,7,12-13,25H2,1-6H3/t18-/m1/s1. The molecule has 0 radical (unpaired) electrons. The van der Waals surface area contributed by atoms with Gasteiger partial charge in [0.25, 0.3) is 0 Å². The molecule has 2 N–H and O–H groups in total. The first kappa shape index (κ1) is 21.2. The minimum Gasteiger partial charge on any atom is -0.494 e. The van der Waals surface area contributed by atoms with Crippen LogP contribution in [0.25, 0.3) is 0 Å². The van der Waals surface area contributed by atoms with Crippen LogP contribution in [0.3, 0.4) is 0 Å². The molecule has 0 saturated carbocycles. The van der Waals surface area contributed by atoms with Crippen molar-refractivity contribution in [1.29, 1.82) is 0 Å². The average molecular weight is 398 g/mol. The lowest BCUT2D eigenvalue weighted by molar-refractivity contribution is -0.123. The van der Waals surface area contributed by atoms with Gasteiger partial charge in [0, 0.05) is 29.7 Å². The van der Waals surface area contributed by atoms with Gasteiger partial charge in [-0.25, -0.2) is 0 Å². The number of carbonyl (C=O) groups is 2. The van der Waals surface area contributed by atoms with E-state index in [1.54, 1.807) is 0 Å². The molecule has 1 aromatic rings. The normalized spacial score (nSPS) is 21.6. The van der Waals surface area contributed by atoms with Crippen molar-refractivity contribution in [2.24, 2.45) is 16.6 Å². The van der Waals surface area contributed by atoms with Crippen LogP contribution < -0.4 is 10.5 Å². The summed E-state index contributed by atoms with van der Waals surface area (Å²) < 4.78 is 11.5. The first-order valence-electron chi connectivity index (χ1n) is 10.2. The molecule has 1 aliphatic heterocycles. The molecule has 3 rings (SSSR count). The van der Waals surface area contributed by atoms with Crippen molar-refractivity contribution in [3.8, 4) is 5.75 Å². The number of ketones is 2. The molecule has 5 heteroatoms. The zero-order chi connectivity index (χ0) is 21.6. The van der Waals surface area contributed by atoms with Crippen LogP contribution in [0, 0.1) is 10.8 Å². The summed E-state index contributed by atoms with van der Waals surface area (Å²) in [7, 11) is 0. The van der Waals surface area contributed by atoms with Crippen LogP contribution in [0.1, 0.15) is 65.9 Å². The third kappa shape index (κ3) is 4.09. The van der Waals surface area contributed by atoms with E-state index in [0.717, 1.165) is 11.3 Å². The minimum atomic E-state index is -0.651. The molecule has 0 bridgehead atoms. The zero-order valence-electron chi connectivity index (χ0n) is 18.2. The van der Waals surface area contributed by atoms with Gasteiger partial charge in [-0.05, 0) is 30.0 Å². The van der Waals surface area contributed by atoms with Gasteiger partial charge in [-0.3, -0.25) is 9.59 Å². The molecular formula is C24H31NO4. The summed E-state index contributed by atoms with van der Waals surface area (Å²) >= 11 is 0. The molecule has 2 aliphatic rings. The number of ether oxygens (including phenoxy) is 2. The highest BCUT2D eigenvalue weighted by Crippen LogP contribution is 2.49. The fourth-order valence-corrected chi connectivity index (χ4v) is 4.07. The maximum absolute atomic E-state index is 13.3. The van der Waals surface area contributed by atoms with Crippen molar-refractivity contribution in [3.05, 3.63) is 52.6 Å². The number of hydrogen-bond donors (Lipinski definition) is 1. The van der Waals surface area contributed by atoms with E-state index in [4.69, 9.17) is 15.2 Å². The van der Waals surface area contributed by atoms with Crippen LogP contribution in [0.5, 0.6) is 5.75 Å². The number of allylic oxidation sites excluding steroid dienone is 3. The Bertz CT molecular complexity index is 898. The number of rotatable bonds is 4. The summed E-state index contributed by atoms with van der Waals surface area (Å²) in [6.45, 7) is 12.1. The van der Waals surface area contributed by atoms with Crippen molar-refractivity contribution in [2.75, 3.05) is 6.61 Å². The molecule has 5 nitrogen and oxygen atoms in total. The van der Waals surface area contributed by atoms with Gasteiger partial charge in [0.05, 0.1) is 12.2 Å². The summed E-state index contributed by atoms with van der Waals surface area (Å²) in [5, 5.41) is 0. The van der Waals surface area contributed by atoms with Crippen LogP contribution >= 0.6 is 0 Å². The Labute approximate surface area is 172 Å². The predicted octanol–water partition coefficient (Wildman–Crippen LogP) is 4.63. The van der Waals surface area contributed by atoms with E-state index < -0.39 is 11.3 Å². The highest BCUT2D eigenvalue weighted by molar-refractivity contribution is 6.07. The van der Waals surface area contributed by atoms with E-state index in [0.29, 0.717) is 36.4 Å². The Morgan fingerprint density at radius 3 is 2.38 bits per heavy atom. The molecule has 0 fully saturated rings. The van der Waals surface area contributed by atoms with Crippen LogP contribution in [-0.2, 0) is 14.3 Å². The molecule has 0 unspecified atom stereocenters. The van der Waals surface area contributed by atoms with Crippen molar-refractivity contribution in [2.45, 2.75) is 60.3 Å². The van der Waals surface area contributed by atoms with Crippen molar-refractivity contribution in [1.82, 2.24) is 0 Å².